The monoisotopic (exact) mass is 422 g/mol. The van der Waals surface area contributed by atoms with Gasteiger partial charge in [-0.25, -0.2) is 0 Å². The Morgan fingerprint density at radius 1 is 0.839 bits per heavy atom. The number of hydrogen-bond acceptors (Lipinski definition) is 4. The summed E-state index contributed by atoms with van der Waals surface area (Å²) in [5, 5.41) is 0. The number of fused-ring (bicyclic) bond motifs is 3. The molecule has 1 aliphatic rings. The number of carbonyl (C=O) groups is 2. The van der Waals surface area contributed by atoms with Crippen LogP contribution in [0, 0.1) is 0 Å². The van der Waals surface area contributed by atoms with Crippen LogP contribution in [0.4, 0.5) is 0 Å². The lowest BCUT2D eigenvalue weighted by atomic mass is 9.89. The van der Waals surface area contributed by atoms with Crippen molar-refractivity contribution < 1.29 is 19.1 Å². The van der Waals surface area contributed by atoms with Crippen LogP contribution in [0.5, 0.6) is 0 Å². The van der Waals surface area contributed by atoms with Gasteiger partial charge in [0.05, 0.1) is 25.6 Å². The van der Waals surface area contributed by atoms with Crippen molar-refractivity contribution in [1.29, 1.82) is 0 Å². The highest BCUT2D eigenvalue weighted by atomic mass is 16.5. The van der Waals surface area contributed by atoms with E-state index >= 15 is 0 Å². The molecule has 0 aromatic heterocycles. The third-order valence-electron chi connectivity index (χ3n) is 5.92. The van der Waals surface area contributed by atoms with Gasteiger partial charge in [0.15, 0.2) is 0 Å². The van der Waals surface area contributed by atoms with Gasteiger partial charge in [0.1, 0.15) is 0 Å². The van der Waals surface area contributed by atoms with Crippen molar-refractivity contribution in [2.75, 3.05) is 13.2 Å². The first-order valence-electron chi connectivity index (χ1n) is 11.7. The Morgan fingerprint density at radius 3 is 2.26 bits per heavy atom. The highest BCUT2D eigenvalue weighted by molar-refractivity contribution is 5.87. The third-order valence-corrected chi connectivity index (χ3v) is 5.92. The quantitative estimate of drug-likeness (QED) is 0.258. The molecule has 0 N–H and O–H groups in total. The summed E-state index contributed by atoms with van der Waals surface area (Å²) in [6.07, 6.45) is 6.67. The highest BCUT2D eigenvalue weighted by Crippen LogP contribution is 2.41. The van der Waals surface area contributed by atoms with E-state index in [1.54, 1.807) is 0 Å². The van der Waals surface area contributed by atoms with Gasteiger partial charge in [0.2, 0.25) is 0 Å². The number of benzene rings is 2. The normalized spacial score (nSPS) is 12.7. The van der Waals surface area contributed by atoms with Gasteiger partial charge in [0.25, 0.3) is 0 Å². The summed E-state index contributed by atoms with van der Waals surface area (Å²) in [6.45, 7) is 5.03. The zero-order valence-electron chi connectivity index (χ0n) is 18.8. The van der Waals surface area contributed by atoms with E-state index in [0.29, 0.717) is 13.2 Å². The highest BCUT2D eigenvalue weighted by Gasteiger charge is 2.31. The molecule has 0 radical (unpaired) electrons. The van der Waals surface area contributed by atoms with E-state index in [4.69, 9.17) is 9.47 Å². The maximum Gasteiger partial charge on any atom is 0.314 e. The summed E-state index contributed by atoms with van der Waals surface area (Å²) in [5.74, 6) is -1.30. The Labute approximate surface area is 186 Å². The molecule has 0 saturated carbocycles. The zero-order chi connectivity index (χ0) is 22.1. The van der Waals surface area contributed by atoms with Crippen molar-refractivity contribution in [3.8, 4) is 11.1 Å². The molecule has 0 spiro atoms. The smallest absolute Gasteiger partial charge is 0.314 e. The first-order valence-corrected chi connectivity index (χ1v) is 11.7. The van der Waals surface area contributed by atoms with Gasteiger partial charge in [-0.05, 0) is 47.1 Å². The van der Waals surface area contributed by atoms with Crippen LogP contribution >= 0.6 is 0 Å². The van der Waals surface area contributed by atoms with Crippen molar-refractivity contribution in [1.82, 2.24) is 0 Å². The van der Waals surface area contributed by atoms with E-state index in [1.165, 1.54) is 11.1 Å². The van der Waals surface area contributed by atoms with E-state index in [-0.39, 0.29) is 18.4 Å². The molecule has 0 aliphatic heterocycles. The van der Waals surface area contributed by atoms with Crippen LogP contribution in [0.1, 0.15) is 81.4 Å². The molecule has 4 heteroatoms. The van der Waals surface area contributed by atoms with Gasteiger partial charge >= 0.3 is 11.9 Å². The average Bonchev–Trinajstić information content (AvgIpc) is 3.17. The van der Waals surface area contributed by atoms with Crippen molar-refractivity contribution >= 4 is 11.9 Å². The summed E-state index contributed by atoms with van der Waals surface area (Å²) in [5.41, 5.74) is 5.62. The number of rotatable bonds is 12. The van der Waals surface area contributed by atoms with Crippen molar-refractivity contribution in [3.05, 3.63) is 59.2 Å². The maximum absolute atomic E-state index is 13.1. The van der Waals surface area contributed by atoms with Crippen LogP contribution in [0.15, 0.2) is 42.5 Å². The lowest BCUT2D eigenvalue weighted by molar-refractivity contribution is -0.152. The molecule has 0 amide bonds. The molecule has 3 rings (SSSR count). The molecule has 0 saturated heterocycles. The Morgan fingerprint density at radius 2 is 1.52 bits per heavy atom. The Hall–Kier alpha value is -2.62. The van der Waals surface area contributed by atoms with Crippen LogP contribution in [-0.2, 0) is 25.5 Å². The second-order valence-corrected chi connectivity index (χ2v) is 8.27. The second-order valence-electron chi connectivity index (χ2n) is 8.27. The van der Waals surface area contributed by atoms with Gasteiger partial charge in [-0.1, -0.05) is 82.0 Å². The largest absolute Gasteiger partial charge is 0.466 e. The van der Waals surface area contributed by atoms with Gasteiger partial charge in [-0.2, -0.15) is 0 Å². The van der Waals surface area contributed by atoms with E-state index in [2.05, 4.69) is 32.0 Å². The molecule has 0 heterocycles. The number of ether oxygens (including phenoxy) is 2. The standard InChI is InChI=1S/C27H34O4/c1-3-5-9-16-30-26(28)19-25(27(29)31-17-10-6-4-2)23-15-11-14-22-21-13-8-7-12-20(21)18-24(22)23/h7-8,11-15,25H,3-6,9-10,16-19H2,1-2H3. The topological polar surface area (TPSA) is 52.6 Å². The lowest BCUT2D eigenvalue weighted by Crippen LogP contribution is -2.22. The van der Waals surface area contributed by atoms with Gasteiger partial charge in [-0.15, -0.1) is 0 Å². The zero-order valence-corrected chi connectivity index (χ0v) is 18.8. The van der Waals surface area contributed by atoms with Crippen molar-refractivity contribution in [2.45, 2.75) is 71.1 Å². The van der Waals surface area contributed by atoms with E-state index in [1.807, 2.05) is 24.3 Å². The molecule has 1 atom stereocenters. The van der Waals surface area contributed by atoms with Gasteiger partial charge in [-0.3, -0.25) is 9.59 Å². The molecule has 2 aromatic carbocycles. The van der Waals surface area contributed by atoms with Crippen LogP contribution in [0.3, 0.4) is 0 Å². The Kier molecular flexibility index (Phi) is 8.69. The molecule has 166 valence electrons. The summed E-state index contributed by atoms with van der Waals surface area (Å²) in [7, 11) is 0. The fourth-order valence-electron chi connectivity index (χ4n) is 4.22. The Bertz CT molecular complexity index is 887. The number of esters is 2. The van der Waals surface area contributed by atoms with E-state index in [0.717, 1.165) is 61.6 Å². The second kappa shape index (κ2) is 11.7. The predicted molar refractivity (Wildman–Crippen MR) is 123 cm³/mol. The molecule has 0 fully saturated rings. The number of unbranched alkanes of at least 4 members (excludes halogenated alkanes) is 4. The van der Waals surface area contributed by atoms with Crippen LogP contribution < -0.4 is 0 Å². The minimum atomic E-state index is -0.635. The van der Waals surface area contributed by atoms with Gasteiger partial charge in [0, 0.05) is 0 Å². The predicted octanol–water partition coefficient (Wildman–Crippen LogP) is 6.20. The van der Waals surface area contributed by atoms with E-state index < -0.39 is 5.92 Å². The Balaban J connectivity index is 1.80. The first-order chi connectivity index (χ1) is 15.2. The van der Waals surface area contributed by atoms with Crippen molar-refractivity contribution in [3.63, 3.8) is 0 Å². The van der Waals surface area contributed by atoms with Gasteiger partial charge < -0.3 is 9.47 Å². The van der Waals surface area contributed by atoms with Crippen LogP contribution in [-0.4, -0.2) is 25.2 Å². The fraction of sp³-hybridized carbons (Fsp3) is 0.481. The number of hydrogen-bond donors (Lipinski definition) is 0. The summed E-state index contributed by atoms with van der Waals surface area (Å²) in [4.78, 5) is 25.6. The first kappa shape index (κ1) is 23.1. The molecule has 4 nitrogen and oxygen atoms in total. The minimum Gasteiger partial charge on any atom is -0.466 e. The summed E-state index contributed by atoms with van der Waals surface area (Å²) < 4.78 is 11.0. The molecular formula is C27H34O4. The summed E-state index contributed by atoms with van der Waals surface area (Å²) in [6, 6.07) is 14.3. The molecule has 1 aliphatic carbocycles. The maximum atomic E-state index is 13.1. The number of carbonyl (C=O) groups excluding carboxylic acids is 2. The summed E-state index contributed by atoms with van der Waals surface area (Å²) >= 11 is 0. The molecule has 1 unspecified atom stereocenters. The molecule has 31 heavy (non-hydrogen) atoms. The SMILES string of the molecule is CCCCCOC(=O)CC(C(=O)OCCCCC)c1cccc2c1Cc1ccccc1-2. The average molecular weight is 423 g/mol. The van der Waals surface area contributed by atoms with Crippen LogP contribution in [0.25, 0.3) is 11.1 Å². The lowest BCUT2D eigenvalue weighted by Gasteiger charge is -2.19. The molecule has 0 bridgehead atoms. The molecular weight excluding hydrogens is 388 g/mol. The van der Waals surface area contributed by atoms with E-state index in [9.17, 15) is 9.59 Å². The van der Waals surface area contributed by atoms with Crippen molar-refractivity contribution in [2.24, 2.45) is 0 Å². The third kappa shape index (κ3) is 5.96. The molecule has 2 aromatic rings. The minimum absolute atomic E-state index is 0.0194. The van der Waals surface area contributed by atoms with Crippen LogP contribution in [0.2, 0.25) is 0 Å². The fourth-order valence-corrected chi connectivity index (χ4v) is 4.22.